The van der Waals surface area contributed by atoms with E-state index in [1.807, 2.05) is 0 Å². The van der Waals surface area contributed by atoms with Crippen molar-refractivity contribution in [2.75, 3.05) is 18.4 Å². The molecule has 0 amide bonds. The Labute approximate surface area is 100 Å². The summed E-state index contributed by atoms with van der Waals surface area (Å²) in [5, 5.41) is 0. The van der Waals surface area contributed by atoms with E-state index in [-0.39, 0.29) is 4.99 Å². The Bertz CT molecular complexity index is 499. The van der Waals surface area contributed by atoms with Crippen LogP contribution in [-0.2, 0) is 10.2 Å². The van der Waals surface area contributed by atoms with Crippen LogP contribution in [-0.4, -0.2) is 27.5 Å². The summed E-state index contributed by atoms with van der Waals surface area (Å²) < 4.78 is 26.4. The first kappa shape index (κ1) is 12.9. The Morgan fingerprint density at radius 3 is 2.62 bits per heavy atom. The molecule has 0 saturated carbocycles. The van der Waals surface area contributed by atoms with Crippen molar-refractivity contribution in [2.24, 2.45) is 5.73 Å². The Kier molecular flexibility index (Phi) is 3.84. The third-order valence-electron chi connectivity index (χ3n) is 2.11. The molecule has 0 unspecified atom stereocenters. The summed E-state index contributed by atoms with van der Waals surface area (Å²) in [4.78, 5) is 0.233. The van der Waals surface area contributed by atoms with Crippen molar-refractivity contribution in [2.45, 2.75) is 0 Å². The van der Waals surface area contributed by atoms with Gasteiger partial charge in [0.15, 0.2) is 0 Å². The predicted molar refractivity (Wildman–Crippen MR) is 68.7 cm³/mol. The lowest BCUT2D eigenvalue weighted by Crippen LogP contribution is -2.36. The van der Waals surface area contributed by atoms with Crippen molar-refractivity contribution in [3.8, 4) is 0 Å². The molecular weight excluding hydrogens is 246 g/mol. The molecule has 1 aromatic rings. The SMILES string of the molecule is CNS(=O)(=O)N(C)c1cccc(C(N)=S)c1. The van der Waals surface area contributed by atoms with Crippen LogP contribution in [0.1, 0.15) is 5.56 Å². The monoisotopic (exact) mass is 259 g/mol. The average molecular weight is 259 g/mol. The number of nitrogens with one attached hydrogen (secondary N) is 1. The zero-order valence-corrected chi connectivity index (χ0v) is 10.6. The maximum absolute atomic E-state index is 11.5. The number of nitrogens with two attached hydrogens (primary N) is 1. The van der Waals surface area contributed by atoms with Gasteiger partial charge in [0, 0.05) is 19.7 Å². The van der Waals surface area contributed by atoms with E-state index in [2.05, 4.69) is 4.72 Å². The largest absolute Gasteiger partial charge is 0.389 e. The van der Waals surface area contributed by atoms with Crippen LogP contribution in [0.2, 0.25) is 0 Å². The molecule has 3 N–H and O–H groups in total. The van der Waals surface area contributed by atoms with Crippen molar-refractivity contribution in [3.63, 3.8) is 0 Å². The molecule has 5 nitrogen and oxygen atoms in total. The van der Waals surface area contributed by atoms with Gasteiger partial charge >= 0.3 is 10.2 Å². The molecule has 0 aliphatic rings. The van der Waals surface area contributed by atoms with E-state index in [4.69, 9.17) is 18.0 Å². The fourth-order valence-corrected chi connectivity index (χ4v) is 1.92. The number of benzene rings is 1. The van der Waals surface area contributed by atoms with Crippen molar-refractivity contribution in [1.29, 1.82) is 0 Å². The fourth-order valence-electron chi connectivity index (χ4n) is 1.13. The van der Waals surface area contributed by atoms with E-state index in [1.165, 1.54) is 14.1 Å². The second kappa shape index (κ2) is 4.77. The highest BCUT2D eigenvalue weighted by Gasteiger charge is 2.15. The number of anilines is 1. The maximum Gasteiger partial charge on any atom is 0.301 e. The Morgan fingerprint density at radius 1 is 1.50 bits per heavy atom. The van der Waals surface area contributed by atoms with Crippen LogP contribution in [0.15, 0.2) is 24.3 Å². The number of hydrogen-bond donors (Lipinski definition) is 2. The average Bonchev–Trinajstić information content (AvgIpc) is 2.28. The minimum atomic E-state index is -3.49. The molecular formula is C9H13N3O2S2. The van der Waals surface area contributed by atoms with Crippen LogP contribution in [0.5, 0.6) is 0 Å². The topological polar surface area (TPSA) is 75.4 Å². The summed E-state index contributed by atoms with van der Waals surface area (Å²) in [6, 6.07) is 6.71. The summed E-state index contributed by atoms with van der Waals surface area (Å²) >= 11 is 4.82. The van der Waals surface area contributed by atoms with E-state index in [0.29, 0.717) is 11.3 Å². The van der Waals surface area contributed by atoms with Gasteiger partial charge in [0.2, 0.25) is 0 Å². The van der Waals surface area contributed by atoms with E-state index >= 15 is 0 Å². The van der Waals surface area contributed by atoms with Gasteiger partial charge < -0.3 is 5.73 Å². The minimum Gasteiger partial charge on any atom is -0.389 e. The Balaban J connectivity index is 3.15. The molecule has 1 aromatic carbocycles. The number of hydrogen-bond acceptors (Lipinski definition) is 3. The van der Waals surface area contributed by atoms with Crippen LogP contribution < -0.4 is 14.8 Å². The van der Waals surface area contributed by atoms with Crippen LogP contribution in [0.3, 0.4) is 0 Å². The summed E-state index contributed by atoms with van der Waals surface area (Å²) in [5.41, 5.74) is 6.60. The lowest BCUT2D eigenvalue weighted by Gasteiger charge is -2.18. The third-order valence-corrected chi connectivity index (χ3v) is 3.80. The van der Waals surface area contributed by atoms with Crippen LogP contribution >= 0.6 is 12.2 Å². The summed E-state index contributed by atoms with van der Waals surface area (Å²) in [6.45, 7) is 0. The number of thiocarbonyl (C=S) groups is 1. The quantitative estimate of drug-likeness (QED) is 0.759. The molecule has 0 fully saturated rings. The van der Waals surface area contributed by atoms with Crippen LogP contribution in [0, 0.1) is 0 Å². The molecule has 1 rings (SSSR count). The normalized spacial score (nSPS) is 11.1. The highest BCUT2D eigenvalue weighted by atomic mass is 32.2. The molecule has 0 aliphatic carbocycles. The van der Waals surface area contributed by atoms with Crippen LogP contribution in [0.25, 0.3) is 0 Å². The van der Waals surface area contributed by atoms with E-state index in [1.54, 1.807) is 24.3 Å². The van der Waals surface area contributed by atoms with Gasteiger partial charge in [0.1, 0.15) is 4.99 Å². The van der Waals surface area contributed by atoms with E-state index < -0.39 is 10.2 Å². The lowest BCUT2D eigenvalue weighted by molar-refractivity contribution is 0.586. The van der Waals surface area contributed by atoms with Crippen molar-refractivity contribution < 1.29 is 8.42 Å². The zero-order valence-electron chi connectivity index (χ0n) is 8.97. The van der Waals surface area contributed by atoms with Gasteiger partial charge in [0.05, 0.1) is 5.69 Å². The standard InChI is InChI=1S/C9H13N3O2S2/c1-11-16(13,14)12(2)8-5-3-4-7(6-8)9(10)15/h3-6,11H,1-2H3,(H2,10,15). The van der Waals surface area contributed by atoms with Gasteiger partial charge in [-0.05, 0) is 12.1 Å². The highest BCUT2D eigenvalue weighted by Crippen LogP contribution is 2.16. The van der Waals surface area contributed by atoms with Crippen molar-refractivity contribution >= 4 is 33.1 Å². The summed E-state index contributed by atoms with van der Waals surface area (Å²) in [5.74, 6) is 0. The molecule has 0 aromatic heterocycles. The molecule has 88 valence electrons. The Morgan fingerprint density at radius 2 is 2.12 bits per heavy atom. The number of rotatable bonds is 4. The lowest BCUT2D eigenvalue weighted by atomic mass is 10.2. The second-order valence-corrected chi connectivity index (χ2v) is 5.44. The molecule has 0 spiro atoms. The Hall–Kier alpha value is -1.18. The van der Waals surface area contributed by atoms with E-state index in [0.717, 1.165) is 4.31 Å². The summed E-state index contributed by atoms with van der Waals surface area (Å²) in [7, 11) is -0.695. The molecule has 0 bridgehead atoms. The molecule has 7 heteroatoms. The van der Waals surface area contributed by atoms with Crippen molar-refractivity contribution in [1.82, 2.24) is 4.72 Å². The molecule has 0 aliphatic heterocycles. The zero-order chi connectivity index (χ0) is 12.3. The maximum atomic E-state index is 11.5. The second-order valence-electron chi connectivity index (χ2n) is 3.09. The van der Waals surface area contributed by atoms with Gasteiger partial charge in [-0.2, -0.15) is 8.42 Å². The summed E-state index contributed by atoms with van der Waals surface area (Å²) in [6.07, 6.45) is 0. The van der Waals surface area contributed by atoms with Gasteiger partial charge in [-0.1, -0.05) is 24.4 Å². The minimum absolute atomic E-state index is 0.233. The molecule has 0 radical (unpaired) electrons. The van der Waals surface area contributed by atoms with Crippen LogP contribution in [0.4, 0.5) is 5.69 Å². The molecule has 16 heavy (non-hydrogen) atoms. The first-order valence-electron chi connectivity index (χ1n) is 4.46. The van der Waals surface area contributed by atoms with Gasteiger partial charge in [-0.3, -0.25) is 4.31 Å². The molecule has 0 atom stereocenters. The van der Waals surface area contributed by atoms with Gasteiger partial charge in [-0.15, -0.1) is 0 Å². The van der Waals surface area contributed by atoms with E-state index in [9.17, 15) is 8.42 Å². The first-order valence-corrected chi connectivity index (χ1v) is 6.30. The predicted octanol–water partition coefficient (Wildman–Crippen LogP) is 0.221. The van der Waals surface area contributed by atoms with Gasteiger partial charge in [0.25, 0.3) is 0 Å². The highest BCUT2D eigenvalue weighted by molar-refractivity contribution is 7.90. The molecule has 0 saturated heterocycles. The fraction of sp³-hybridized carbons (Fsp3) is 0.222. The smallest absolute Gasteiger partial charge is 0.301 e. The first-order chi connectivity index (χ1) is 7.38. The van der Waals surface area contributed by atoms with Crippen molar-refractivity contribution in [3.05, 3.63) is 29.8 Å². The number of nitrogens with zero attached hydrogens (tertiary/aromatic N) is 1. The third kappa shape index (κ3) is 2.69. The van der Waals surface area contributed by atoms with Gasteiger partial charge in [-0.25, -0.2) is 4.72 Å². The molecule has 0 heterocycles.